The van der Waals surface area contributed by atoms with Gasteiger partial charge in [-0.25, -0.2) is 0 Å². The average molecular weight is 169 g/mol. The van der Waals surface area contributed by atoms with Crippen molar-refractivity contribution in [3.05, 3.63) is 35.4 Å². The van der Waals surface area contributed by atoms with E-state index >= 15 is 0 Å². The molecule has 1 unspecified atom stereocenters. The number of rotatable bonds is 1. The first-order chi connectivity index (χ1) is 5.42. The number of ether oxygens (including phenoxy) is 1. The lowest BCUT2D eigenvalue weighted by molar-refractivity contribution is 0.0820. The van der Waals surface area contributed by atoms with Gasteiger partial charge >= 0.3 is 0 Å². The van der Waals surface area contributed by atoms with Gasteiger partial charge in [-0.3, -0.25) is 0 Å². The molecule has 0 aliphatic carbocycles. The van der Waals surface area contributed by atoms with E-state index < -0.39 is 0 Å². The average Bonchev–Trinajstić information content (AvgIpc) is 2.47. The smallest absolute Gasteiger partial charge is 0.0968 e. The fourth-order valence-corrected chi connectivity index (χ4v) is 1.64. The number of fused-ring (bicyclic) bond motifs is 1. The number of alkyl halides is 1. The van der Waals surface area contributed by atoms with Crippen molar-refractivity contribution in [2.24, 2.45) is 0 Å². The number of halogens is 1. The summed E-state index contributed by atoms with van der Waals surface area (Å²) in [5, 5.41) is 0. The van der Waals surface area contributed by atoms with Crippen molar-refractivity contribution in [1.29, 1.82) is 0 Å². The summed E-state index contributed by atoms with van der Waals surface area (Å²) >= 11 is 5.71. The zero-order chi connectivity index (χ0) is 7.68. The van der Waals surface area contributed by atoms with E-state index in [4.69, 9.17) is 16.3 Å². The minimum absolute atomic E-state index is 0.118. The van der Waals surface area contributed by atoms with Gasteiger partial charge in [0.2, 0.25) is 0 Å². The van der Waals surface area contributed by atoms with Crippen LogP contribution in [0.25, 0.3) is 0 Å². The molecule has 0 N–H and O–H groups in total. The van der Waals surface area contributed by atoms with Crippen LogP contribution >= 0.6 is 11.6 Å². The molecular weight excluding hydrogens is 160 g/mol. The molecule has 1 aliphatic rings. The third-order valence-electron chi connectivity index (χ3n) is 1.98. The molecule has 0 bridgehead atoms. The van der Waals surface area contributed by atoms with Crippen LogP contribution in [0.4, 0.5) is 0 Å². The second-order valence-corrected chi connectivity index (χ2v) is 2.96. The second-order valence-electron chi connectivity index (χ2n) is 2.65. The summed E-state index contributed by atoms with van der Waals surface area (Å²) in [4.78, 5) is 0. The van der Waals surface area contributed by atoms with Crippen LogP contribution in [0.5, 0.6) is 0 Å². The third kappa shape index (κ3) is 1.15. The Hall–Kier alpha value is -0.530. The molecule has 2 rings (SSSR count). The monoisotopic (exact) mass is 168 g/mol. The maximum Gasteiger partial charge on any atom is 0.0968 e. The van der Waals surface area contributed by atoms with E-state index in [0.717, 1.165) is 0 Å². The lowest BCUT2D eigenvalue weighted by Crippen LogP contribution is -1.95. The Balaban J connectivity index is 2.39. The molecule has 0 saturated carbocycles. The molecule has 1 atom stereocenters. The van der Waals surface area contributed by atoms with Gasteiger partial charge in [0.1, 0.15) is 0 Å². The fraction of sp³-hybridized carbons (Fsp3) is 0.333. The van der Waals surface area contributed by atoms with E-state index in [0.29, 0.717) is 12.5 Å². The van der Waals surface area contributed by atoms with Gasteiger partial charge in [-0.2, -0.15) is 0 Å². The summed E-state index contributed by atoms with van der Waals surface area (Å²) in [6.07, 6.45) is 0.118. The summed E-state index contributed by atoms with van der Waals surface area (Å²) in [6, 6.07) is 8.21. The topological polar surface area (TPSA) is 9.23 Å². The summed E-state index contributed by atoms with van der Waals surface area (Å²) in [7, 11) is 0. The van der Waals surface area contributed by atoms with Crippen molar-refractivity contribution >= 4 is 11.6 Å². The van der Waals surface area contributed by atoms with Crippen molar-refractivity contribution in [2.45, 2.75) is 12.7 Å². The van der Waals surface area contributed by atoms with Crippen LogP contribution in [0.1, 0.15) is 17.2 Å². The van der Waals surface area contributed by atoms with E-state index in [-0.39, 0.29) is 6.10 Å². The van der Waals surface area contributed by atoms with Gasteiger partial charge in [0.05, 0.1) is 18.6 Å². The van der Waals surface area contributed by atoms with Crippen LogP contribution in [0.3, 0.4) is 0 Å². The lowest BCUT2D eigenvalue weighted by Gasteiger charge is -2.04. The molecule has 1 heterocycles. The first kappa shape index (κ1) is 7.14. The number of benzene rings is 1. The van der Waals surface area contributed by atoms with Gasteiger partial charge in [0, 0.05) is 0 Å². The van der Waals surface area contributed by atoms with Crippen LogP contribution in [0, 0.1) is 0 Å². The molecule has 0 fully saturated rings. The zero-order valence-electron chi connectivity index (χ0n) is 6.09. The Labute approximate surface area is 70.9 Å². The highest BCUT2D eigenvalue weighted by Crippen LogP contribution is 2.30. The highest BCUT2D eigenvalue weighted by Gasteiger charge is 2.20. The first-order valence-electron chi connectivity index (χ1n) is 3.67. The van der Waals surface area contributed by atoms with Crippen molar-refractivity contribution < 1.29 is 4.74 Å². The van der Waals surface area contributed by atoms with Crippen molar-refractivity contribution in [2.75, 3.05) is 5.88 Å². The molecule has 2 heteroatoms. The van der Waals surface area contributed by atoms with E-state index in [9.17, 15) is 0 Å². The predicted octanol–water partition coefficient (Wildman–Crippen LogP) is 2.50. The highest BCUT2D eigenvalue weighted by atomic mass is 35.5. The van der Waals surface area contributed by atoms with Crippen molar-refractivity contribution in [3.63, 3.8) is 0 Å². The molecule has 1 nitrogen and oxygen atoms in total. The Morgan fingerprint density at radius 2 is 2.27 bits per heavy atom. The maximum atomic E-state index is 5.71. The lowest BCUT2D eigenvalue weighted by atomic mass is 10.1. The maximum absolute atomic E-state index is 5.71. The van der Waals surface area contributed by atoms with E-state index in [1.807, 2.05) is 12.1 Å². The Kier molecular flexibility index (Phi) is 1.84. The Bertz CT molecular complexity index is 259. The minimum Gasteiger partial charge on any atom is -0.368 e. The SMILES string of the molecule is ClCC1OCc2ccccc21. The van der Waals surface area contributed by atoms with Crippen LogP contribution in [-0.2, 0) is 11.3 Å². The predicted molar refractivity (Wildman–Crippen MR) is 44.7 cm³/mol. The van der Waals surface area contributed by atoms with Gasteiger partial charge in [-0.15, -0.1) is 11.6 Å². The summed E-state index contributed by atoms with van der Waals surface area (Å²) in [5.41, 5.74) is 2.53. The number of hydrogen-bond acceptors (Lipinski definition) is 1. The second kappa shape index (κ2) is 2.84. The van der Waals surface area contributed by atoms with E-state index in [2.05, 4.69) is 12.1 Å². The minimum atomic E-state index is 0.118. The van der Waals surface area contributed by atoms with Crippen LogP contribution in [0.2, 0.25) is 0 Å². The molecule has 0 radical (unpaired) electrons. The first-order valence-corrected chi connectivity index (χ1v) is 4.20. The molecule has 58 valence electrons. The van der Waals surface area contributed by atoms with Gasteiger partial charge < -0.3 is 4.74 Å². The third-order valence-corrected chi connectivity index (χ3v) is 2.26. The molecule has 1 aliphatic heterocycles. The van der Waals surface area contributed by atoms with E-state index in [1.165, 1.54) is 11.1 Å². The molecular formula is C9H9ClO. The molecule has 0 amide bonds. The van der Waals surface area contributed by atoms with Gasteiger partial charge in [0.15, 0.2) is 0 Å². The molecule has 0 aromatic heterocycles. The zero-order valence-corrected chi connectivity index (χ0v) is 6.84. The van der Waals surface area contributed by atoms with Crippen molar-refractivity contribution in [3.8, 4) is 0 Å². The Morgan fingerprint density at radius 1 is 1.45 bits per heavy atom. The summed E-state index contributed by atoms with van der Waals surface area (Å²) < 4.78 is 5.44. The van der Waals surface area contributed by atoms with Crippen molar-refractivity contribution in [1.82, 2.24) is 0 Å². The standard InChI is InChI=1S/C9H9ClO/c10-5-9-8-4-2-1-3-7(8)6-11-9/h1-4,9H,5-6H2. The van der Waals surface area contributed by atoms with Crippen LogP contribution in [-0.4, -0.2) is 5.88 Å². The molecule has 0 spiro atoms. The van der Waals surface area contributed by atoms with Crippen LogP contribution < -0.4 is 0 Å². The highest BCUT2D eigenvalue weighted by molar-refractivity contribution is 6.18. The fourth-order valence-electron chi connectivity index (χ4n) is 1.39. The van der Waals surface area contributed by atoms with E-state index in [1.54, 1.807) is 0 Å². The summed E-state index contributed by atoms with van der Waals surface area (Å²) in [5.74, 6) is 0.553. The number of hydrogen-bond donors (Lipinski definition) is 0. The Morgan fingerprint density at radius 3 is 3.09 bits per heavy atom. The summed E-state index contributed by atoms with van der Waals surface area (Å²) in [6.45, 7) is 0.716. The molecule has 11 heavy (non-hydrogen) atoms. The van der Waals surface area contributed by atoms with Crippen LogP contribution in [0.15, 0.2) is 24.3 Å². The largest absolute Gasteiger partial charge is 0.368 e. The quantitative estimate of drug-likeness (QED) is 0.586. The molecule has 1 aromatic rings. The molecule has 1 aromatic carbocycles. The van der Waals surface area contributed by atoms with Gasteiger partial charge in [-0.05, 0) is 11.1 Å². The normalized spacial score (nSPS) is 21.7. The van der Waals surface area contributed by atoms with Gasteiger partial charge in [0.25, 0.3) is 0 Å². The molecule has 0 saturated heterocycles. The van der Waals surface area contributed by atoms with Gasteiger partial charge in [-0.1, -0.05) is 24.3 Å².